The van der Waals surface area contributed by atoms with E-state index in [9.17, 15) is 49.1 Å². The Morgan fingerprint density at radius 1 is 0.906 bits per heavy atom. The Balaban J connectivity index is 2.12. The maximum atomic E-state index is 14.0. The van der Waals surface area contributed by atoms with E-state index in [1.165, 1.54) is 6.07 Å². The van der Waals surface area contributed by atoms with Crippen LogP contribution in [0.1, 0.15) is 10.4 Å². The molecule has 0 unspecified atom stereocenters. The average Bonchev–Trinajstić information content (AvgIpc) is 2.62. The molecule has 0 saturated carbocycles. The first-order chi connectivity index (χ1) is 14.6. The second-order valence-electron chi connectivity index (χ2n) is 5.84. The third kappa shape index (κ3) is 5.41. The summed E-state index contributed by atoms with van der Waals surface area (Å²) >= 11 is 4.39. The van der Waals surface area contributed by atoms with Crippen LogP contribution in [0.4, 0.5) is 50.0 Å². The highest BCUT2D eigenvalue weighted by atomic mass is 35.5. The largest absolute Gasteiger partial charge is 0.460 e. The molecule has 32 heavy (non-hydrogen) atoms. The van der Waals surface area contributed by atoms with Crippen molar-refractivity contribution in [2.24, 2.45) is 0 Å². The highest BCUT2D eigenvalue weighted by Gasteiger charge is 2.73. The standard InChI is InChI=1S/C17H8ClF9N2O2S/c18-8-2-1-3-9(19)12(8)13(30)29-14(31)28-11-5-4-7(6-10(11)20)32-17(26,27)15(21,22)16(23,24)25/h1-6H,(H2,28,29,30,31). The van der Waals surface area contributed by atoms with Crippen LogP contribution in [0.3, 0.4) is 0 Å². The summed E-state index contributed by atoms with van der Waals surface area (Å²) in [5.74, 6) is -10.3. The maximum Gasteiger partial charge on any atom is 0.460 e. The first kappa shape index (κ1) is 25.6. The first-order valence-corrected chi connectivity index (χ1v) is 9.13. The number of hydrogen-bond donors (Lipinski definition) is 2. The number of halogens is 10. The molecule has 4 nitrogen and oxygen atoms in total. The van der Waals surface area contributed by atoms with Gasteiger partial charge in [-0.2, -0.15) is 30.7 Å². The van der Waals surface area contributed by atoms with Gasteiger partial charge in [0.25, 0.3) is 5.91 Å². The predicted molar refractivity (Wildman–Crippen MR) is 96.1 cm³/mol. The Hall–Kier alpha value is -2.61. The number of carbonyl (C=O) groups excluding carboxylic acids is 2. The number of thioether (sulfide) groups is 1. The molecule has 0 aliphatic heterocycles. The number of anilines is 1. The first-order valence-electron chi connectivity index (χ1n) is 7.94. The molecule has 2 N–H and O–H groups in total. The van der Waals surface area contributed by atoms with Gasteiger partial charge in [-0.1, -0.05) is 17.7 Å². The fourth-order valence-electron chi connectivity index (χ4n) is 2.07. The molecular weight excluding hydrogens is 503 g/mol. The molecule has 0 radical (unpaired) electrons. The van der Waals surface area contributed by atoms with E-state index in [0.717, 1.165) is 12.1 Å². The Morgan fingerprint density at radius 3 is 2.06 bits per heavy atom. The number of hydrogen-bond acceptors (Lipinski definition) is 3. The SMILES string of the molecule is O=C(NC(=O)c1c(F)cccc1Cl)Nc1ccc(SC(F)(F)C(F)(F)C(F)(F)F)cc1F. The van der Waals surface area contributed by atoms with Gasteiger partial charge in [-0.15, -0.1) is 0 Å². The van der Waals surface area contributed by atoms with Crippen LogP contribution in [0.15, 0.2) is 41.3 Å². The summed E-state index contributed by atoms with van der Waals surface area (Å²) in [5.41, 5.74) is -1.46. The van der Waals surface area contributed by atoms with Crippen molar-refractivity contribution in [3.05, 3.63) is 58.6 Å². The second-order valence-corrected chi connectivity index (χ2v) is 7.43. The molecule has 0 bridgehead atoms. The van der Waals surface area contributed by atoms with E-state index >= 15 is 0 Å². The molecule has 15 heteroatoms. The number of alkyl halides is 7. The van der Waals surface area contributed by atoms with E-state index < -0.39 is 68.8 Å². The second kappa shape index (κ2) is 9.10. The molecule has 0 aromatic heterocycles. The molecule has 0 aliphatic rings. The summed E-state index contributed by atoms with van der Waals surface area (Å²) < 4.78 is 117. The lowest BCUT2D eigenvalue weighted by Gasteiger charge is -2.27. The van der Waals surface area contributed by atoms with E-state index in [-0.39, 0.29) is 11.1 Å². The number of nitrogens with one attached hydrogen (secondary N) is 2. The third-order valence-corrected chi connectivity index (χ3v) is 4.89. The van der Waals surface area contributed by atoms with E-state index in [1.54, 1.807) is 10.6 Å². The fourth-order valence-corrected chi connectivity index (χ4v) is 3.16. The Morgan fingerprint density at radius 2 is 1.53 bits per heavy atom. The van der Waals surface area contributed by atoms with Crippen molar-refractivity contribution in [1.29, 1.82) is 0 Å². The number of amides is 3. The van der Waals surface area contributed by atoms with Gasteiger partial charge < -0.3 is 5.32 Å². The summed E-state index contributed by atoms with van der Waals surface area (Å²) in [6.07, 6.45) is -6.56. The van der Waals surface area contributed by atoms with Crippen LogP contribution in [0.2, 0.25) is 5.02 Å². The van der Waals surface area contributed by atoms with Crippen molar-refractivity contribution in [3.63, 3.8) is 0 Å². The van der Waals surface area contributed by atoms with Crippen LogP contribution in [0.25, 0.3) is 0 Å². The lowest BCUT2D eigenvalue weighted by molar-refractivity contribution is -0.330. The normalized spacial score (nSPS) is 12.4. The summed E-state index contributed by atoms with van der Waals surface area (Å²) in [7, 11) is 0. The smallest absolute Gasteiger partial charge is 0.305 e. The number of imide groups is 1. The number of rotatable bonds is 5. The van der Waals surface area contributed by atoms with E-state index in [4.69, 9.17) is 11.6 Å². The molecule has 0 aliphatic carbocycles. The average molecular weight is 511 g/mol. The highest BCUT2D eigenvalue weighted by molar-refractivity contribution is 8.00. The summed E-state index contributed by atoms with van der Waals surface area (Å²) in [4.78, 5) is 22.7. The zero-order valence-corrected chi connectivity index (χ0v) is 16.5. The molecule has 2 aromatic carbocycles. The number of urea groups is 1. The zero-order valence-electron chi connectivity index (χ0n) is 15.0. The zero-order chi connectivity index (χ0) is 24.5. The van der Waals surface area contributed by atoms with Crippen LogP contribution < -0.4 is 10.6 Å². The molecule has 0 fully saturated rings. The van der Waals surface area contributed by atoms with Gasteiger partial charge in [0.05, 0.1) is 16.3 Å². The van der Waals surface area contributed by atoms with Gasteiger partial charge in [-0.05, 0) is 42.1 Å². The Bertz CT molecular complexity index is 1030. The van der Waals surface area contributed by atoms with Crippen LogP contribution in [-0.2, 0) is 0 Å². The molecule has 0 saturated heterocycles. The van der Waals surface area contributed by atoms with Crippen LogP contribution >= 0.6 is 23.4 Å². The lowest BCUT2D eigenvalue weighted by Crippen LogP contribution is -2.49. The van der Waals surface area contributed by atoms with Gasteiger partial charge >= 0.3 is 23.4 Å². The summed E-state index contributed by atoms with van der Waals surface area (Å²) in [6, 6.07) is 3.04. The molecule has 0 spiro atoms. The van der Waals surface area contributed by atoms with Gasteiger partial charge in [-0.3, -0.25) is 10.1 Å². The van der Waals surface area contributed by atoms with Crippen molar-refractivity contribution in [3.8, 4) is 0 Å². The third-order valence-electron chi connectivity index (χ3n) is 3.57. The molecule has 174 valence electrons. The quantitative estimate of drug-likeness (QED) is 0.358. The van der Waals surface area contributed by atoms with Gasteiger partial charge in [0.2, 0.25) is 0 Å². The molecule has 2 rings (SSSR count). The molecular formula is C17H8ClF9N2O2S. The number of benzene rings is 2. The molecule has 0 heterocycles. The van der Waals surface area contributed by atoms with E-state index in [0.29, 0.717) is 12.1 Å². The molecule has 0 atom stereocenters. The fraction of sp³-hybridized carbons (Fsp3) is 0.176. The van der Waals surface area contributed by atoms with Crippen molar-refractivity contribution >= 4 is 41.0 Å². The van der Waals surface area contributed by atoms with Gasteiger partial charge in [0, 0.05) is 4.90 Å². The van der Waals surface area contributed by atoms with Crippen molar-refractivity contribution in [2.45, 2.75) is 22.2 Å². The monoisotopic (exact) mass is 510 g/mol. The van der Waals surface area contributed by atoms with Crippen molar-refractivity contribution in [1.82, 2.24) is 5.32 Å². The molecule has 3 amide bonds. The van der Waals surface area contributed by atoms with E-state index in [1.807, 2.05) is 0 Å². The highest BCUT2D eigenvalue weighted by Crippen LogP contribution is 2.53. The minimum absolute atomic E-state index is 0.163. The Kier molecular flexibility index (Phi) is 7.29. The number of carbonyl (C=O) groups is 2. The molecule has 2 aromatic rings. The minimum Gasteiger partial charge on any atom is -0.305 e. The summed E-state index contributed by atoms with van der Waals surface area (Å²) in [6.45, 7) is 0. The van der Waals surface area contributed by atoms with Crippen LogP contribution in [-0.4, -0.2) is 29.3 Å². The van der Waals surface area contributed by atoms with E-state index in [2.05, 4.69) is 0 Å². The van der Waals surface area contributed by atoms with Crippen molar-refractivity contribution in [2.75, 3.05) is 5.32 Å². The lowest BCUT2D eigenvalue weighted by atomic mass is 10.2. The van der Waals surface area contributed by atoms with Crippen LogP contribution in [0, 0.1) is 11.6 Å². The van der Waals surface area contributed by atoms with Gasteiger partial charge in [0.15, 0.2) is 0 Å². The van der Waals surface area contributed by atoms with Gasteiger partial charge in [0.1, 0.15) is 11.6 Å². The maximum absolute atomic E-state index is 14.0. The predicted octanol–water partition coefficient (Wildman–Crippen LogP) is 6.46. The van der Waals surface area contributed by atoms with Gasteiger partial charge in [-0.25, -0.2) is 13.6 Å². The Labute approximate surface area is 182 Å². The minimum atomic E-state index is -6.56. The van der Waals surface area contributed by atoms with Crippen LogP contribution in [0.5, 0.6) is 0 Å². The van der Waals surface area contributed by atoms with Crippen molar-refractivity contribution < 1.29 is 49.1 Å². The summed E-state index contributed by atoms with van der Waals surface area (Å²) in [5, 5.41) is -2.65. The topological polar surface area (TPSA) is 58.2 Å².